The fourth-order valence-electron chi connectivity index (χ4n) is 5.81. The molecule has 4 aliphatic rings. The molecule has 2 heterocycles. The zero-order chi connectivity index (χ0) is 26.1. The van der Waals surface area contributed by atoms with Gasteiger partial charge in [0.15, 0.2) is 0 Å². The molecule has 3 fully saturated rings. The van der Waals surface area contributed by atoms with Crippen molar-refractivity contribution in [2.75, 3.05) is 48.3 Å². The predicted molar refractivity (Wildman–Crippen MR) is 152 cm³/mol. The van der Waals surface area contributed by atoms with Crippen LogP contribution >= 0.6 is 0 Å². The number of amides is 1. The van der Waals surface area contributed by atoms with E-state index in [1.54, 1.807) is 18.2 Å². The number of carbonyl (C=O) groups is 1. The average molecular weight is 536 g/mol. The van der Waals surface area contributed by atoms with Crippen LogP contribution in [0.4, 0.5) is 17.1 Å². The molecule has 0 aromatic heterocycles. The maximum Gasteiger partial charge on any atom is 0.258 e. The van der Waals surface area contributed by atoms with Gasteiger partial charge in [-0.25, -0.2) is 13.1 Å². The van der Waals surface area contributed by atoms with Crippen molar-refractivity contribution < 1.29 is 13.2 Å². The Hall–Kier alpha value is -2.88. The maximum atomic E-state index is 13.4. The quantitative estimate of drug-likeness (QED) is 0.379. The lowest BCUT2D eigenvalue weighted by Gasteiger charge is -2.30. The van der Waals surface area contributed by atoms with Gasteiger partial charge in [0.05, 0.1) is 10.5 Å². The normalized spacial score (nSPS) is 21.7. The van der Waals surface area contributed by atoms with Crippen molar-refractivity contribution in [2.45, 2.75) is 49.8 Å². The molecule has 9 heteroatoms. The largest absolute Gasteiger partial charge is 0.369 e. The van der Waals surface area contributed by atoms with Crippen molar-refractivity contribution in [3.63, 3.8) is 0 Å². The second-order valence-electron chi connectivity index (χ2n) is 11.0. The number of piperazine rings is 1. The zero-order valence-corrected chi connectivity index (χ0v) is 22.6. The van der Waals surface area contributed by atoms with E-state index in [0.29, 0.717) is 29.3 Å². The third-order valence-corrected chi connectivity index (χ3v) is 9.64. The fourth-order valence-corrected chi connectivity index (χ4v) is 6.95. The second-order valence-corrected chi connectivity index (χ2v) is 12.8. The van der Waals surface area contributed by atoms with Crippen molar-refractivity contribution in [2.24, 2.45) is 11.8 Å². The van der Waals surface area contributed by atoms with Crippen LogP contribution < -0.4 is 25.6 Å². The van der Waals surface area contributed by atoms with E-state index >= 15 is 0 Å². The molecule has 1 saturated heterocycles. The molecule has 0 atom stereocenters. The SMILES string of the molecule is O=C1Nc2ccc(S(=O)(=O)NCC3CC3)cc2/C1=C(/Nc1ccc(N2CCNCC2)cc1)C1CCCCC1. The van der Waals surface area contributed by atoms with Crippen LogP contribution in [0.25, 0.3) is 5.57 Å². The van der Waals surface area contributed by atoms with E-state index in [-0.39, 0.29) is 16.7 Å². The first-order valence-electron chi connectivity index (χ1n) is 14.0. The number of nitrogens with one attached hydrogen (secondary N) is 4. The monoisotopic (exact) mass is 535 g/mol. The number of fused-ring (bicyclic) bond motifs is 1. The lowest BCUT2D eigenvalue weighted by molar-refractivity contribution is -0.110. The summed E-state index contributed by atoms with van der Waals surface area (Å²) in [5.74, 6) is 0.487. The Morgan fingerprint density at radius 3 is 2.39 bits per heavy atom. The van der Waals surface area contributed by atoms with E-state index in [1.165, 1.54) is 12.1 Å². The van der Waals surface area contributed by atoms with Gasteiger partial charge in [0, 0.05) is 61.0 Å². The van der Waals surface area contributed by atoms with Crippen molar-refractivity contribution in [3.8, 4) is 0 Å². The Morgan fingerprint density at radius 2 is 1.68 bits per heavy atom. The van der Waals surface area contributed by atoms with Gasteiger partial charge in [0.1, 0.15) is 0 Å². The molecule has 0 unspecified atom stereocenters. The molecular formula is C29H37N5O3S. The van der Waals surface area contributed by atoms with Gasteiger partial charge in [-0.05, 0) is 80.0 Å². The third-order valence-electron chi connectivity index (χ3n) is 8.22. The Bertz CT molecular complexity index is 1320. The number of benzene rings is 2. The van der Waals surface area contributed by atoms with Gasteiger partial charge >= 0.3 is 0 Å². The lowest BCUT2D eigenvalue weighted by atomic mass is 9.84. The Labute approximate surface area is 225 Å². The number of nitrogens with zero attached hydrogens (tertiary/aromatic N) is 1. The topological polar surface area (TPSA) is 103 Å². The third kappa shape index (κ3) is 5.46. The van der Waals surface area contributed by atoms with Crippen LogP contribution in [0.2, 0.25) is 0 Å². The molecule has 8 nitrogen and oxygen atoms in total. The highest BCUT2D eigenvalue weighted by atomic mass is 32.2. The first-order valence-corrected chi connectivity index (χ1v) is 15.5. The summed E-state index contributed by atoms with van der Waals surface area (Å²) in [7, 11) is -3.64. The van der Waals surface area contributed by atoms with E-state index in [1.807, 2.05) is 0 Å². The lowest BCUT2D eigenvalue weighted by Crippen LogP contribution is -2.43. The molecule has 38 heavy (non-hydrogen) atoms. The molecule has 2 aliphatic carbocycles. The molecule has 6 rings (SSSR count). The van der Waals surface area contributed by atoms with Crippen LogP contribution in [0.1, 0.15) is 50.5 Å². The second kappa shape index (κ2) is 10.7. The summed E-state index contributed by atoms with van der Waals surface area (Å²) in [6.07, 6.45) is 7.62. The van der Waals surface area contributed by atoms with Crippen LogP contribution in [0.3, 0.4) is 0 Å². The van der Waals surface area contributed by atoms with Crippen LogP contribution in [0.15, 0.2) is 53.1 Å². The number of sulfonamides is 1. The van der Waals surface area contributed by atoms with Crippen LogP contribution in [0, 0.1) is 11.8 Å². The summed E-state index contributed by atoms with van der Waals surface area (Å²) in [5.41, 5.74) is 4.92. The molecule has 0 spiro atoms. The standard InChI is InChI=1S/C29H37N5O3S/c35-29-27(25-18-24(12-13-26(25)33-29)38(36,37)31-19-20-6-7-20)28(21-4-2-1-3-5-21)32-22-8-10-23(11-9-22)34-16-14-30-15-17-34/h8-13,18,20-21,30-32H,1-7,14-17,19H2,(H,33,35)/b28-27-. The molecule has 202 valence electrons. The van der Waals surface area contributed by atoms with E-state index in [0.717, 1.165) is 76.1 Å². The number of anilines is 3. The van der Waals surface area contributed by atoms with Crippen molar-refractivity contribution in [3.05, 3.63) is 53.7 Å². The minimum absolute atomic E-state index is 0.175. The first-order chi connectivity index (χ1) is 18.5. The van der Waals surface area contributed by atoms with Crippen molar-refractivity contribution >= 4 is 38.6 Å². The minimum atomic E-state index is -3.64. The number of hydrogen-bond acceptors (Lipinski definition) is 6. The van der Waals surface area contributed by atoms with E-state index in [2.05, 4.69) is 49.8 Å². The molecule has 1 amide bonds. The summed E-state index contributed by atoms with van der Waals surface area (Å²) in [6.45, 7) is 4.42. The van der Waals surface area contributed by atoms with Gasteiger partial charge in [-0.15, -0.1) is 0 Å². The first kappa shape index (κ1) is 25.4. The van der Waals surface area contributed by atoms with Crippen molar-refractivity contribution in [1.29, 1.82) is 0 Å². The molecule has 2 aromatic carbocycles. The Kier molecular flexibility index (Phi) is 7.16. The van der Waals surface area contributed by atoms with Crippen molar-refractivity contribution in [1.82, 2.24) is 10.0 Å². The number of carbonyl (C=O) groups excluding carboxylic acids is 1. The highest BCUT2D eigenvalue weighted by Crippen LogP contribution is 2.41. The number of allylic oxidation sites excluding steroid dienone is 1. The Morgan fingerprint density at radius 1 is 0.947 bits per heavy atom. The van der Waals surface area contributed by atoms with Gasteiger partial charge < -0.3 is 20.9 Å². The van der Waals surface area contributed by atoms with Gasteiger partial charge in [0.25, 0.3) is 5.91 Å². The summed E-state index contributed by atoms with van der Waals surface area (Å²) >= 11 is 0. The van der Waals surface area contributed by atoms with Crippen LogP contribution in [-0.2, 0) is 14.8 Å². The summed E-state index contributed by atoms with van der Waals surface area (Å²) in [5, 5.41) is 9.99. The van der Waals surface area contributed by atoms with Crippen LogP contribution in [-0.4, -0.2) is 47.0 Å². The predicted octanol–water partition coefficient (Wildman–Crippen LogP) is 4.14. The number of rotatable bonds is 8. The highest BCUT2D eigenvalue weighted by molar-refractivity contribution is 7.89. The van der Waals surface area contributed by atoms with E-state index < -0.39 is 10.0 Å². The maximum absolute atomic E-state index is 13.4. The molecule has 4 N–H and O–H groups in total. The summed E-state index contributed by atoms with van der Waals surface area (Å²) in [4.78, 5) is 15.9. The molecular weight excluding hydrogens is 498 g/mol. The summed E-state index contributed by atoms with van der Waals surface area (Å²) in [6, 6.07) is 13.4. The van der Waals surface area contributed by atoms with E-state index in [9.17, 15) is 13.2 Å². The smallest absolute Gasteiger partial charge is 0.258 e. The molecule has 2 saturated carbocycles. The van der Waals surface area contributed by atoms with Gasteiger partial charge in [-0.2, -0.15) is 0 Å². The fraction of sp³-hybridized carbons (Fsp3) is 0.483. The van der Waals surface area contributed by atoms with Gasteiger partial charge in [-0.3, -0.25) is 4.79 Å². The zero-order valence-electron chi connectivity index (χ0n) is 21.8. The Balaban J connectivity index is 1.34. The average Bonchev–Trinajstić information content (AvgIpc) is 3.73. The van der Waals surface area contributed by atoms with Gasteiger partial charge in [-0.1, -0.05) is 19.3 Å². The van der Waals surface area contributed by atoms with E-state index in [4.69, 9.17) is 0 Å². The summed E-state index contributed by atoms with van der Waals surface area (Å²) < 4.78 is 28.8. The molecule has 0 bridgehead atoms. The van der Waals surface area contributed by atoms with Gasteiger partial charge in [0.2, 0.25) is 10.0 Å². The molecule has 2 aromatic rings. The highest BCUT2D eigenvalue weighted by Gasteiger charge is 2.33. The van der Waals surface area contributed by atoms with Crippen LogP contribution in [0.5, 0.6) is 0 Å². The molecule has 2 aliphatic heterocycles. The molecule has 0 radical (unpaired) electrons. The minimum Gasteiger partial charge on any atom is -0.369 e. The number of hydrogen-bond donors (Lipinski definition) is 4.